The minimum absolute atomic E-state index is 0.196. The number of hydrogen-bond acceptors (Lipinski definition) is 3. The molecule has 0 bridgehead atoms. The van der Waals surface area contributed by atoms with Gasteiger partial charge in [-0.25, -0.2) is 0 Å². The van der Waals surface area contributed by atoms with Gasteiger partial charge in [-0.05, 0) is 22.9 Å². The lowest BCUT2D eigenvalue weighted by atomic mass is 10.1. The van der Waals surface area contributed by atoms with Crippen LogP contribution in [0.1, 0.15) is 13.3 Å². The number of fused-ring (bicyclic) bond motifs is 2. The highest BCUT2D eigenvalue weighted by molar-refractivity contribution is 5.86. The number of carboxylic acids is 1. The molecule has 4 heteroatoms. The van der Waals surface area contributed by atoms with Crippen molar-refractivity contribution >= 4 is 16.7 Å². The smallest absolute Gasteiger partial charge is 0.311 e. The molecule has 0 saturated carbocycles. The lowest BCUT2D eigenvalue weighted by Crippen LogP contribution is -2.37. The molecule has 4 nitrogen and oxygen atoms in total. The van der Waals surface area contributed by atoms with Crippen LogP contribution in [0.5, 0.6) is 11.5 Å². The maximum absolute atomic E-state index is 10.8. The molecule has 2 aromatic rings. The molecule has 1 aliphatic rings. The SMILES string of the molecule is CC1(CC(=O)O)Oc2cc3ccccc3cc2O1. The summed E-state index contributed by atoms with van der Waals surface area (Å²) < 4.78 is 11.2. The first-order valence-electron chi connectivity index (χ1n) is 5.68. The number of hydrogen-bond donors (Lipinski definition) is 1. The van der Waals surface area contributed by atoms with Gasteiger partial charge in [-0.1, -0.05) is 24.3 Å². The second-order valence-electron chi connectivity index (χ2n) is 4.55. The molecular formula is C14H12O4. The lowest BCUT2D eigenvalue weighted by Gasteiger charge is -2.20. The quantitative estimate of drug-likeness (QED) is 0.882. The van der Waals surface area contributed by atoms with Gasteiger partial charge in [0.2, 0.25) is 0 Å². The first-order valence-corrected chi connectivity index (χ1v) is 5.68. The summed E-state index contributed by atoms with van der Waals surface area (Å²) in [7, 11) is 0. The normalized spacial score (nSPS) is 15.8. The van der Waals surface area contributed by atoms with E-state index in [-0.39, 0.29) is 6.42 Å². The molecule has 0 radical (unpaired) electrons. The van der Waals surface area contributed by atoms with E-state index in [1.807, 2.05) is 36.4 Å². The highest BCUT2D eigenvalue weighted by atomic mass is 16.7. The fraction of sp³-hybridized carbons (Fsp3) is 0.214. The Morgan fingerprint density at radius 2 is 1.67 bits per heavy atom. The Morgan fingerprint density at radius 1 is 1.17 bits per heavy atom. The van der Waals surface area contributed by atoms with E-state index in [1.165, 1.54) is 0 Å². The van der Waals surface area contributed by atoms with Gasteiger partial charge < -0.3 is 14.6 Å². The average Bonchev–Trinajstić information content (AvgIpc) is 2.59. The van der Waals surface area contributed by atoms with E-state index in [1.54, 1.807) is 6.92 Å². The van der Waals surface area contributed by atoms with Crippen LogP contribution in [0.3, 0.4) is 0 Å². The second kappa shape index (κ2) is 3.63. The molecule has 1 N–H and O–H groups in total. The first kappa shape index (κ1) is 10.9. The molecule has 0 amide bonds. The zero-order chi connectivity index (χ0) is 12.8. The molecular weight excluding hydrogens is 232 g/mol. The van der Waals surface area contributed by atoms with Gasteiger partial charge in [0.05, 0.1) is 0 Å². The molecule has 0 fully saturated rings. The Hall–Kier alpha value is -2.23. The summed E-state index contributed by atoms with van der Waals surface area (Å²) >= 11 is 0. The van der Waals surface area contributed by atoms with Gasteiger partial charge in [0.25, 0.3) is 5.79 Å². The van der Waals surface area contributed by atoms with Gasteiger partial charge in [-0.3, -0.25) is 4.79 Å². The van der Waals surface area contributed by atoms with Crippen LogP contribution in [0.2, 0.25) is 0 Å². The van der Waals surface area contributed by atoms with Crippen LogP contribution >= 0.6 is 0 Å². The van der Waals surface area contributed by atoms with Gasteiger partial charge in [0.1, 0.15) is 6.42 Å². The van der Waals surface area contributed by atoms with E-state index in [9.17, 15) is 4.79 Å². The Kier molecular flexibility index (Phi) is 2.20. The number of carbonyl (C=O) groups is 1. The molecule has 0 unspecified atom stereocenters. The zero-order valence-electron chi connectivity index (χ0n) is 9.84. The molecule has 1 aliphatic heterocycles. The number of benzene rings is 2. The Bertz CT molecular complexity index is 588. The van der Waals surface area contributed by atoms with E-state index in [2.05, 4.69) is 0 Å². The monoisotopic (exact) mass is 244 g/mol. The zero-order valence-corrected chi connectivity index (χ0v) is 9.84. The number of aliphatic carboxylic acids is 1. The Morgan fingerprint density at radius 3 is 2.11 bits per heavy atom. The summed E-state index contributed by atoms with van der Waals surface area (Å²) in [6.07, 6.45) is -0.196. The average molecular weight is 244 g/mol. The highest BCUT2D eigenvalue weighted by Gasteiger charge is 2.39. The minimum atomic E-state index is -1.12. The first-order chi connectivity index (χ1) is 8.56. The van der Waals surface area contributed by atoms with Gasteiger partial charge in [-0.2, -0.15) is 0 Å². The van der Waals surface area contributed by atoms with Crippen molar-refractivity contribution in [2.75, 3.05) is 0 Å². The number of carboxylic acid groups (broad SMARTS) is 1. The third-order valence-corrected chi connectivity index (χ3v) is 2.94. The summed E-state index contributed by atoms with van der Waals surface area (Å²) in [5.41, 5.74) is 0. The van der Waals surface area contributed by atoms with Crippen LogP contribution in [0.4, 0.5) is 0 Å². The maximum Gasteiger partial charge on any atom is 0.311 e. The van der Waals surface area contributed by atoms with E-state index < -0.39 is 11.8 Å². The van der Waals surface area contributed by atoms with Crippen molar-refractivity contribution < 1.29 is 19.4 Å². The second-order valence-corrected chi connectivity index (χ2v) is 4.55. The van der Waals surface area contributed by atoms with E-state index in [0.29, 0.717) is 11.5 Å². The molecule has 1 heterocycles. The van der Waals surface area contributed by atoms with Crippen molar-refractivity contribution in [1.82, 2.24) is 0 Å². The third-order valence-electron chi connectivity index (χ3n) is 2.94. The van der Waals surface area contributed by atoms with Crippen LogP contribution in [0.15, 0.2) is 36.4 Å². The highest BCUT2D eigenvalue weighted by Crippen LogP contribution is 2.42. The molecule has 0 aromatic heterocycles. The van der Waals surface area contributed by atoms with Gasteiger partial charge in [-0.15, -0.1) is 0 Å². The van der Waals surface area contributed by atoms with Crippen molar-refractivity contribution in [1.29, 1.82) is 0 Å². The fourth-order valence-electron chi connectivity index (χ4n) is 2.19. The van der Waals surface area contributed by atoms with Crippen LogP contribution in [-0.4, -0.2) is 16.9 Å². The molecule has 0 saturated heterocycles. The van der Waals surface area contributed by atoms with Crippen molar-refractivity contribution in [3.8, 4) is 11.5 Å². The third kappa shape index (κ3) is 1.76. The van der Waals surface area contributed by atoms with Crippen molar-refractivity contribution in [2.45, 2.75) is 19.1 Å². The van der Waals surface area contributed by atoms with Gasteiger partial charge >= 0.3 is 5.97 Å². The summed E-state index contributed by atoms with van der Waals surface area (Å²) in [5, 5.41) is 10.9. The summed E-state index contributed by atoms with van der Waals surface area (Å²) in [5.74, 6) is -0.879. The lowest BCUT2D eigenvalue weighted by molar-refractivity contribution is -0.149. The predicted molar refractivity (Wildman–Crippen MR) is 65.9 cm³/mol. The predicted octanol–water partition coefficient (Wildman–Crippen LogP) is 2.80. The van der Waals surface area contributed by atoms with Crippen molar-refractivity contribution in [3.63, 3.8) is 0 Å². The maximum atomic E-state index is 10.8. The van der Waals surface area contributed by atoms with E-state index in [0.717, 1.165) is 10.8 Å². The van der Waals surface area contributed by atoms with E-state index in [4.69, 9.17) is 14.6 Å². The van der Waals surface area contributed by atoms with Crippen molar-refractivity contribution in [3.05, 3.63) is 36.4 Å². The number of rotatable bonds is 2. The standard InChI is InChI=1S/C14H12O4/c1-14(8-13(15)16)17-11-6-9-4-2-3-5-10(9)7-12(11)18-14/h2-7H,8H2,1H3,(H,15,16). The topological polar surface area (TPSA) is 55.8 Å². The molecule has 18 heavy (non-hydrogen) atoms. The minimum Gasteiger partial charge on any atom is -0.481 e. The molecule has 92 valence electrons. The van der Waals surface area contributed by atoms with Gasteiger partial charge in [0.15, 0.2) is 11.5 Å². The Labute approximate surface area is 104 Å². The van der Waals surface area contributed by atoms with Crippen LogP contribution in [0, 0.1) is 0 Å². The summed E-state index contributed by atoms with van der Waals surface area (Å²) in [4.78, 5) is 10.8. The van der Waals surface area contributed by atoms with Crippen LogP contribution < -0.4 is 9.47 Å². The molecule has 2 aromatic carbocycles. The molecule has 0 atom stereocenters. The summed E-state index contributed by atoms with van der Waals surface area (Å²) in [6.45, 7) is 1.63. The fourth-order valence-corrected chi connectivity index (χ4v) is 2.19. The van der Waals surface area contributed by atoms with Crippen LogP contribution in [-0.2, 0) is 4.79 Å². The van der Waals surface area contributed by atoms with Crippen LogP contribution in [0.25, 0.3) is 10.8 Å². The molecule has 0 aliphatic carbocycles. The van der Waals surface area contributed by atoms with Crippen molar-refractivity contribution in [2.24, 2.45) is 0 Å². The van der Waals surface area contributed by atoms with E-state index >= 15 is 0 Å². The Balaban J connectivity index is 2.02. The largest absolute Gasteiger partial charge is 0.481 e. The molecule has 0 spiro atoms. The van der Waals surface area contributed by atoms with Gasteiger partial charge in [0, 0.05) is 6.92 Å². The number of ether oxygens (including phenoxy) is 2. The molecule has 3 rings (SSSR count). The summed E-state index contributed by atoms with van der Waals surface area (Å²) in [6, 6.07) is 11.6.